The number of hydrogen-bond donors (Lipinski definition) is 0. The molecule has 0 nitrogen and oxygen atoms in total. The van der Waals surface area contributed by atoms with Crippen molar-refractivity contribution >= 4 is 10.8 Å². The van der Waals surface area contributed by atoms with Crippen molar-refractivity contribution in [1.29, 1.82) is 0 Å². The van der Waals surface area contributed by atoms with Crippen LogP contribution in [-0.2, 0) is 6.42 Å². The van der Waals surface area contributed by atoms with Gasteiger partial charge in [-0.25, -0.2) is 0 Å². The topological polar surface area (TPSA) is 0 Å². The molecule has 3 aromatic rings. The van der Waals surface area contributed by atoms with Crippen molar-refractivity contribution in [2.24, 2.45) is 0 Å². The largest absolute Gasteiger partial charge is 0.0756 e. The predicted molar refractivity (Wildman–Crippen MR) is 82.6 cm³/mol. The molecule has 3 aromatic carbocycles. The van der Waals surface area contributed by atoms with Gasteiger partial charge in [-0.2, -0.15) is 0 Å². The molecule has 1 aliphatic carbocycles. The standard InChI is InChI=1S/C20H14/c1-3-11-17-15(7-1)9-5-13-19(17)20-14-6-10-16-8-2-4-12-18(16)20/h1-9,11-12,20H,10H2/t20-/m0/s1. The predicted octanol–water partition coefficient (Wildman–Crippen LogP) is 4.69. The molecular weight excluding hydrogens is 240 g/mol. The molecule has 0 saturated carbocycles. The van der Waals surface area contributed by atoms with Crippen molar-refractivity contribution in [2.45, 2.75) is 12.3 Å². The maximum atomic E-state index is 3.53. The second-order valence-corrected chi connectivity index (χ2v) is 5.19. The van der Waals surface area contributed by atoms with Crippen LogP contribution in [0.5, 0.6) is 0 Å². The van der Waals surface area contributed by atoms with Gasteiger partial charge in [-0.05, 0) is 46.0 Å². The monoisotopic (exact) mass is 254 g/mol. The maximum absolute atomic E-state index is 3.53. The molecule has 0 heterocycles. The van der Waals surface area contributed by atoms with Gasteiger partial charge in [0.1, 0.15) is 0 Å². The van der Waals surface area contributed by atoms with Crippen LogP contribution in [-0.4, -0.2) is 0 Å². The Morgan fingerprint density at radius 3 is 2.75 bits per heavy atom. The van der Waals surface area contributed by atoms with E-state index in [1.165, 1.54) is 27.5 Å². The quantitative estimate of drug-likeness (QED) is 0.591. The molecule has 0 spiro atoms. The lowest BCUT2D eigenvalue weighted by Crippen LogP contribution is -2.07. The van der Waals surface area contributed by atoms with Crippen LogP contribution in [0, 0.1) is 12.1 Å². The van der Waals surface area contributed by atoms with Crippen LogP contribution in [0.2, 0.25) is 0 Å². The fourth-order valence-corrected chi connectivity index (χ4v) is 3.04. The summed E-state index contributed by atoms with van der Waals surface area (Å²) < 4.78 is 0. The van der Waals surface area contributed by atoms with Crippen molar-refractivity contribution < 1.29 is 0 Å². The molecule has 0 N–H and O–H groups in total. The highest BCUT2D eigenvalue weighted by Gasteiger charge is 2.19. The SMILES string of the molecule is [C]1=CCc2ccccc2[C@H]1c1[c]ccc2ccccc12. The van der Waals surface area contributed by atoms with Crippen LogP contribution in [0.3, 0.4) is 0 Å². The Morgan fingerprint density at radius 1 is 0.900 bits per heavy atom. The van der Waals surface area contributed by atoms with Crippen LogP contribution in [0.4, 0.5) is 0 Å². The summed E-state index contributed by atoms with van der Waals surface area (Å²) in [6.07, 6.45) is 6.67. The lowest BCUT2D eigenvalue weighted by atomic mass is 9.81. The fraction of sp³-hybridized carbons (Fsp3) is 0.100. The van der Waals surface area contributed by atoms with E-state index >= 15 is 0 Å². The minimum Gasteiger partial charge on any atom is -0.0756 e. The zero-order valence-corrected chi connectivity index (χ0v) is 11.1. The Hall–Kier alpha value is -2.34. The highest BCUT2D eigenvalue weighted by molar-refractivity contribution is 5.86. The van der Waals surface area contributed by atoms with Crippen molar-refractivity contribution in [3.63, 3.8) is 0 Å². The molecule has 0 aliphatic heterocycles. The van der Waals surface area contributed by atoms with Gasteiger partial charge in [-0.3, -0.25) is 0 Å². The summed E-state index contributed by atoms with van der Waals surface area (Å²) in [5.74, 6) is 0.200. The van der Waals surface area contributed by atoms with Gasteiger partial charge in [-0.1, -0.05) is 66.7 Å². The number of fused-ring (bicyclic) bond motifs is 2. The van der Waals surface area contributed by atoms with Crippen LogP contribution in [0.1, 0.15) is 22.6 Å². The normalized spacial score (nSPS) is 17.1. The van der Waals surface area contributed by atoms with Crippen LogP contribution < -0.4 is 0 Å². The summed E-state index contributed by atoms with van der Waals surface area (Å²) in [6, 6.07) is 24.8. The molecule has 94 valence electrons. The molecule has 2 radical (unpaired) electrons. The lowest BCUT2D eigenvalue weighted by molar-refractivity contribution is 0.934. The van der Waals surface area contributed by atoms with E-state index in [-0.39, 0.29) is 5.92 Å². The maximum Gasteiger partial charge on any atom is 0.0355 e. The highest BCUT2D eigenvalue weighted by atomic mass is 14.2. The van der Waals surface area contributed by atoms with E-state index in [0.717, 1.165) is 6.42 Å². The van der Waals surface area contributed by atoms with E-state index in [2.05, 4.69) is 72.8 Å². The number of hydrogen-bond acceptors (Lipinski definition) is 0. The molecule has 0 unspecified atom stereocenters. The smallest absolute Gasteiger partial charge is 0.0355 e. The zero-order chi connectivity index (χ0) is 13.4. The Balaban J connectivity index is 1.96. The summed E-state index contributed by atoms with van der Waals surface area (Å²) in [5.41, 5.74) is 3.99. The van der Waals surface area contributed by atoms with Gasteiger partial charge in [0, 0.05) is 5.92 Å². The van der Waals surface area contributed by atoms with E-state index in [9.17, 15) is 0 Å². The summed E-state index contributed by atoms with van der Waals surface area (Å²) >= 11 is 0. The van der Waals surface area contributed by atoms with Gasteiger partial charge in [0.15, 0.2) is 0 Å². The first-order valence-corrected chi connectivity index (χ1v) is 6.98. The second-order valence-electron chi connectivity index (χ2n) is 5.19. The summed E-state index contributed by atoms with van der Waals surface area (Å²) in [4.78, 5) is 0. The number of benzene rings is 3. The molecule has 4 rings (SSSR count). The molecule has 0 heteroatoms. The third-order valence-corrected chi connectivity index (χ3v) is 4.01. The molecule has 0 fully saturated rings. The first-order valence-electron chi connectivity index (χ1n) is 6.98. The molecule has 1 aliphatic rings. The van der Waals surface area contributed by atoms with Gasteiger partial charge < -0.3 is 0 Å². The molecule has 0 aromatic heterocycles. The van der Waals surface area contributed by atoms with Crippen LogP contribution >= 0.6 is 0 Å². The highest BCUT2D eigenvalue weighted by Crippen LogP contribution is 2.35. The molecule has 0 saturated heterocycles. The van der Waals surface area contributed by atoms with Crippen LogP contribution in [0.15, 0.2) is 66.7 Å². The van der Waals surface area contributed by atoms with Gasteiger partial charge in [0.05, 0.1) is 0 Å². The molecular formula is C20H14. The molecule has 0 amide bonds. The average Bonchev–Trinajstić information content (AvgIpc) is 2.54. The Labute approximate surface area is 119 Å². The third-order valence-electron chi connectivity index (χ3n) is 4.01. The van der Waals surface area contributed by atoms with E-state index in [1.54, 1.807) is 0 Å². The third kappa shape index (κ3) is 1.77. The molecule has 1 atom stereocenters. The van der Waals surface area contributed by atoms with Gasteiger partial charge in [0.2, 0.25) is 0 Å². The van der Waals surface area contributed by atoms with E-state index in [0.29, 0.717) is 0 Å². The lowest BCUT2D eigenvalue weighted by Gasteiger charge is -2.22. The Bertz CT molecular complexity index is 791. The number of allylic oxidation sites excluding steroid dienone is 2. The summed E-state index contributed by atoms with van der Waals surface area (Å²) in [5, 5.41) is 2.55. The van der Waals surface area contributed by atoms with Crippen LogP contribution in [0.25, 0.3) is 10.8 Å². The van der Waals surface area contributed by atoms with E-state index < -0.39 is 0 Å². The summed E-state index contributed by atoms with van der Waals surface area (Å²) in [6.45, 7) is 0. The first kappa shape index (κ1) is 11.5. The number of rotatable bonds is 1. The minimum absolute atomic E-state index is 0.200. The minimum atomic E-state index is 0.200. The Kier molecular flexibility index (Phi) is 2.67. The fourth-order valence-electron chi connectivity index (χ4n) is 3.04. The van der Waals surface area contributed by atoms with Crippen molar-refractivity contribution in [3.05, 3.63) is 95.6 Å². The van der Waals surface area contributed by atoms with Gasteiger partial charge in [-0.15, -0.1) is 0 Å². The van der Waals surface area contributed by atoms with Gasteiger partial charge >= 0.3 is 0 Å². The van der Waals surface area contributed by atoms with Crippen molar-refractivity contribution in [2.75, 3.05) is 0 Å². The Morgan fingerprint density at radius 2 is 1.75 bits per heavy atom. The molecule has 20 heavy (non-hydrogen) atoms. The summed E-state index contributed by atoms with van der Waals surface area (Å²) in [7, 11) is 0. The molecule has 0 bridgehead atoms. The van der Waals surface area contributed by atoms with Crippen molar-refractivity contribution in [3.8, 4) is 0 Å². The second kappa shape index (κ2) is 4.64. The van der Waals surface area contributed by atoms with E-state index in [1.807, 2.05) is 6.07 Å². The van der Waals surface area contributed by atoms with E-state index in [4.69, 9.17) is 0 Å². The van der Waals surface area contributed by atoms with Crippen molar-refractivity contribution in [1.82, 2.24) is 0 Å². The first-order chi connectivity index (χ1) is 9.93. The zero-order valence-electron chi connectivity index (χ0n) is 11.1. The van der Waals surface area contributed by atoms with Gasteiger partial charge in [0.25, 0.3) is 0 Å². The average molecular weight is 254 g/mol.